The van der Waals surface area contributed by atoms with E-state index < -0.39 is 0 Å². The Kier molecular flexibility index (Phi) is 4.34. The minimum atomic E-state index is 0.357. The molecule has 1 aromatic heterocycles. The van der Waals surface area contributed by atoms with Crippen LogP contribution < -0.4 is 16.0 Å². The fourth-order valence-corrected chi connectivity index (χ4v) is 2.28. The molecule has 1 aliphatic carbocycles. The summed E-state index contributed by atoms with van der Waals surface area (Å²) in [4.78, 5) is 4.21. The zero-order valence-corrected chi connectivity index (χ0v) is 10.4. The maximum atomic E-state index is 5.61. The standard InChI is InChI=1S/C13H21N3O/c1-17-13-6-5-11(9-15-13)8-12(16-14)7-10-3-2-4-10/h5-6,9-10,12,16H,2-4,7-8,14H2,1H3. The molecule has 1 heterocycles. The van der Waals surface area contributed by atoms with Crippen molar-refractivity contribution in [2.75, 3.05) is 7.11 Å². The molecule has 1 aromatic rings. The number of hydrogen-bond donors (Lipinski definition) is 2. The Balaban J connectivity index is 1.87. The summed E-state index contributed by atoms with van der Waals surface area (Å²) in [6.07, 6.45) is 8.07. The summed E-state index contributed by atoms with van der Waals surface area (Å²) < 4.78 is 5.04. The van der Waals surface area contributed by atoms with Crippen molar-refractivity contribution in [1.29, 1.82) is 0 Å². The van der Waals surface area contributed by atoms with Crippen LogP contribution in [0.1, 0.15) is 31.2 Å². The molecule has 1 aliphatic rings. The first-order chi connectivity index (χ1) is 8.31. The predicted octanol–water partition coefficient (Wildman–Crippen LogP) is 1.65. The van der Waals surface area contributed by atoms with E-state index in [-0.39, 0.29) is 0 Å². The second-order valence-electron chi connectivity index (χ2n) is 4.81. The highest BCUT2D eigenvalue weighted by Crippen LogP contribution is 2.30. The van der Waals surface area contributed by atoms with E-state index in [2.05, 4.69) is 16.5 Å². The number of nitrogens with two attached hydrogens (primary N) is 1. The van der Waals surface area contributed by atoms with Crippen molar-refractivity contribution in [3.05, 3.63) is 23.9 Å². The third-order valence-corrected chi connectivity index (χ3v) is 3.57. The van der Waals surface area contributed by atoms with E-state index in [0.29, 0.717) is 11.9 Å². The van der Waals surface area contributed by atoms with Crippen LogP contribution in [0.2, 0.25) is 0 Å². The lowest BCUT2D eigenvalue weighted by atomic mass is 9.80. The third-order valence-electron chi connectivity index (χ3n) is 3.57. The van der Waals surface area contributed by atoms with Gasteiger partial charge in [0.05, 0.1) is 7.11 Å². The molecule has 2 rings (SSSR count). The molecule has 0 aliphatic heterocycles. The second kappa shape index (κ2) is 5.98. The summed E-state index contributed by atoms with van der Waals surface area (Å²) in [6.45, 7) is 0. The molecule has 0 saturated heterocycles. The Morgan fingerprint density at radius 1 is 1.53 bits per heavy atom. The number of nitrogens with one attached hydrogen (secondary N) is 1. The minimum Gasteiger partial charge on any atom is -0.481 e. The fourth-order valence-electron chi connectivity index (χ4n) is 2.28. The molecular weight excluding hydrogens is 214 g/mol. The van der Waals surface area contributed by atoms with Gasteiger partial charge in [0, 0.05) is 18.3 Å². The molecule has 94 valence electrons. The summed E-state index contributed by atoms with van der Waals surface area (Å²) in [6, 6.07) is 4.30. The van der Waals surface area contributed by atoms with Gasteiger partial charge in [-0.3, -0.25) is 11.3 Å². The van der Waals surface area contributed by atoms with Gasteiger partial charge in [-0.2, -0.15) is 0 Å². The molecule has 1 saturated carbocycles. The van der Waals surface area contributed by atoms with Crippen LogP contribution in [0.25, 0.3) is 0 Å². The lowest BCUT2D eigenvalue weighted by Gasteiger charge is -2.29. The van der Waals surface area contributed by atoms with Crippen molar-refractivity contribution in [2.24, 2.45) is 11.8 Å². The Labute approximate surface area is 103 Å². The highest BCUT2D eigenvalue weighted by molar-refractivity contribution is 5.18. The number of nitrogens with zero attached hydrogens (tertiary/aromatic N) is 1. The molecule has 0 radical (unpaired) electrons. The SMILES string of the molecule is COc1ccc(CC(CC2CCC2)NN)cn1. The third kappa shape index (κ3) is 3.41. The Morgan fingerprint density at radius 2 is 2.35 bits per heavy atom. The number of pyridine rings is 1. The summed E-state index contributed by atoms with van der Waals surface area (Å²) in [5, 5.41) is 0. The molecule has 0 aromatic carbocycles. The first kappa shape index (κ1) is 12.3. The van der Waals surface area contributed by atoms with E-state index in [0.717, 1.165) is 12.3 Å². The normalized spacial score (nSPS) is 17.5. The number of ether oxygens (including phenoxy) is 1. The number of hydrogen-bond acceptors (Lipinski definition) is 4. The quantitative estimate of drug-likeness (QED) is 0.581. The van der Waals surface area contributed by atoms with Crippen LogP contribution in [0.15, 0.2) is 18.3 Å². The van der Waals surface area contributed by atoms with Crippen molar-refractivity contribution < 1.29 is 4.74 Å². The molecular formula is C13H21N3O. The highest BCUT2D eigenvalue weighted by Gasteiger charge is 2.21. The van der Waals surface area contributed by atoms with Gasteiger partial charge in [-0.15, -0.1) is 0 Å². The topological polar surface area (TPSA) is 60.2 Å². The molecule has 17 heavy (non-hydrogen) atoms. The van der Waals surface area contributed by atoms with Gasteiger partial charge in [-0.05, 0) is 24.3 Å². The number of hydrazine groups is 1. The van der Waals surface area contributed by atoms with E-state index >= 15 is 0 Å². The smallest absolute Gasteiger partial charge is 0.212 e. The number of methoxy groups -OCH3 is 1. The monoisotopic (exact) mass is 235 g/mol. The Morgan fingerprint density at radius 3 is 2.82 bits per heavy atom. The van der Waals surface area contributed by atoms with Crippen LogP contribution in [0.5, 0.6) is 5.88 Å². The maximum absolute atomic E-state index is 5.61. The molecule has 0 spiro atoms. The Bertz CT molecular complexity index is 335. The van der Waals surface area contributed by atoms with E-state index in [1.54, 1.807) is 7.11 Å². The fraction of sp³-hybridized carbons (Fsp3) is 0.615. The second-order valence-corrected chi connectivity index (χ2v) is 4.81. The van der Waals surface area contributed by atoms with Crippen molar-refractivity contribution in [3.8, 4) is 5.88 Å². The van der Waals surface area contributed by atoms with Crippen LogP contribution in [0, 0.1) is 5.92 Å². The van der Waals surface area contributed by atoms with E-state index in [4.69, 9.17) is 10.6 Å². The summed E-state index contributed by atoms with van der Waals surface area (Å²) in [7, 11) is 1.63. The van der Waals surface area contributed by atoms with Gasteiger partial charge in [0.1, 0.15) is 0 Å². The molecule has 0 amide bonds. The van der Waals surface area contributed by atoms with Crippen LogP contribution >= 0.6 is 0 Å². The number of aromatic nitrogens is 1. The van der Waals surface area contributed by atoms with Crippen LogP contribution in [0.3, 0.4) is 0 Å². The zero-order chi connectivity index (χ0) is 12.1. The van der Waals surface area contributed by atoms with Gasteiger partial charge in [-0.25, -0.2) is 4.98 Å². The molecule has 3 N–H and O–H groups in total. The first-order valence-corrected chi connectivity index (χ1v) is 6.27. The van der Waals surface area contributed by atoms with Crippen molar-refractivity contribution in [1.82, 2.24) is 10.4 Å². The lowest BCUT2D eigenvalue weighted by molar-refractivity contribution is 0.259. The number of rotatable bonds is 6. The van der Waals surface area contributed by atoms with Crippen molar-refractivity contribution >= 4 is 0 Å². The van der Waals surface area contributed by atoms with Gasteiger partial charge < -0.3 is 4.74 Å². The van der Waals surface area contributed by atoms with Crippen LogP contribution in [-0.2, 0) is 6.42 Å². The summed E-state index contributed by atoms with van der Waals surface area (Å²) in [5.74, 6) is 7.13. The minimum absolute atomic E-state index is 0.357. The molecule has 1 atom stereocenters. The van der Waals surface area contributed by atoms with Crippen molar-refractivity contribution in [3.63, 3.8) is 0 Å². The summed E-state index contributed by atoms with van der Waals surface area (Å²) >= 11 is 0. The average molecular weight is 235 g/mol. The van der Waals surface area contributed by atoms with Gasteiger partial charge in [0.2, 0.25) is 5.88 Å². The van der Waals surface area contributed by atoms with E-state index in [1.807, 2.05) is 12.3 Å². The Hall–Kier alpha value is -1.13. The van der Waals surface area contributed by atoms with Gasteiger partial charge in [0.25, 0.3) is 0 Å². The molecule has 4 nitrogen and oxygen atoms in total. The largest absolute Gasteiger partial charge is 0.481 e. The van der Waals surface area contributed by atoms with Crippen molar-refractivity contribution in [2.45, 2.75) is 38.1 Å². The highest BCUT2D eigenvalue weighted by atomic mass is 16.5. The lowest BCUT2D eigenvalue weighted by Crippen LogP contribution is -2.39. The van der Waals surface area contributed by atoms with Gasteiger partial charge >= 0.3 is 0 Å². The molecule has 1 unspecified atom stereocenters. The molecule has 4 heteroatoms. The molecule has 0 bridgehead atoms. The van der Waals surface area contributed by atoms with Gasteiger partial charge in [-0.1, -0.05) is 25.3 Å². The average Bonchev–Trinajstić information content (AvgIpc) is 2.33. The summed E-state index contributed by atoms with van der Waals surface area (Å²) in [5.41, 5.74) is 4.12. The first-order valence-electron chi connectivity index (χ1n) is 6.27. The molecule has 1 fully saturated rings. The zero-order valence-electron chi connectivity index (χ0n) is 10.4. The predicted molar refractivity (Wildman–Crippen MR) is 67.6 cm³/mol. The maximum Gasteiger partial charge on any atom is 0.212 e. The van der Waals surface area contributed by atoms with Gasteiger partial charge in [0.15, 0.2) is 0 Å². The van der Waals surface area contributed by atoms with Crippen LogP contribution in [0.4, 0.5) is 0 Å². The van der Waals surface area contributed by atoms with Crippen LogP contribution in [-0.4, -0.2) is 18.1 Å². The van der Waals surface area contributed by atoms with E-state index in [9.17, 15) is 0 Å². The van der Waals surface area contributed by atoms with E-state index in [1.165, 1.54) is 31.2 Å².